The molecule has 0 spiro atoms. The number of hydrogen-bond donors (Lipinski definition) is 0. The molecule has 6 heteroatoms. The summed E-state index contributed by atoms with van der Waals surface area (Å²) in [4.78, 5) is 8.44. The smallest absolute Gasteiger partial charge is 0.356 e. The molecule has 0 aromatic carbocycles. The van der Waals surface area contributed by atoms with Crippen molar-refractivity contribution in [1.29, 1.82) is 0 Å². The minimum Gasteiger partial charge on any atom is -0.356 e. The fraction of sp³-hybridized carbons (Fsp3) is 0.706. The third-order valence-electron chi connectivity index (χ3n) is 5.43. The average molecular weight is 327 g/mol. The Kier molecular flexibility index (Phi) is 3.67. The van der Waals surface area contributed by atoms with Crippen LogP contribution in [0.2, 0.25) is 0 Å². The highest BCUT2D eigenvalue weighted by atomic mass is 19.4. The van der Waals surface area contributed by atoms with E-state index in [-0.39, 0.29) is 10.8 Å². The molecule has 3 nitrogen and oxygen atoms in total. The van der Waals surface area contributed by atoms with E-state index < -0.39 is 11.7 Å². The fourth-order valence-electron chi connectivity index (χ4n) is 4.88. The lowest BCUT2D eigenvalue weighted by Crippen LogP contribution is -2.57. The Morgan fingerprint density at radius 3 is 2.48 bits per heavy atom. The van der Waals surface area contributed by atoms with Crippen molar-refractivity contribution >= 4 is 5.82 Å². The number of rotatable bonds is 3. The highest BCUT2D eigenvalue weighted by Crippen LogP contribution is 2.63. The van der Waals surface area contributed by atoms with E-state index >= 15 is 0 Å². The number of halogens is 3. The first-order valence-corrected chi connectivity index (χ1v) is 7.96. The van der Waals surface area contributed by atoms with Crippen LogP contribution in [0, 0.1) is 16.7 Å². The maximum atomic E-state index is 12.7. The second-order valence-corrected chi connectivity index (χ2v) is 8.10. The van der Waals surface area contributed by atoms with Crippen LogP contribution < -0.4 is 4.90 Å². The van der Waals surface area contributed by atoms with E-state index in [1.165, 1.54) is 6.07 Å². The summed E-state index contributed by atoms with van der Waals surface area (Å²) in [6.45, 7) is 7.33. The van der Waals surface area contributed by atoms with Crippen molar-refractivity contribution in [3.05, 3.63) is 23.9 Å². The Hall–Kier alpha value is -1.30. The van der Waals surface area contributed by atoms with Crippen LogP contribution in [0.1, 0.15) is 25.8 Å². The van der Waals surface area contributed by atoms with Crippen LogP contribution in [0.15, 0.2) is 18.3 Å². The Morgan fingerprint density at radius 1 is 1.30 bits per heavy atom. The molecule has 1 saturated heterocycles. The van der Waals surface area contributed by atoms with Gasteiger partial charge in [0.25, 0.3) is 0 Å². The molecule has 0 N–H and O–H groups in total. The van der Waals surface area contributed by atoms with E-state index in [1.807, 2.05) is 0 Å². The Morgan fingerprint density at radius 2 is 2.00 bits per heavy atom. The largest absolute Gasteiger partial charge is 0.417 e. The van der Waals surface area contributed by atoms with Crippen LogP contribution in [-0.4, -0.2) is 43.6 Å². The summed E-state index contributed by atoms with van der Waals surface area (Å²) in [5, 5.41) is 0. The molecule has 2 atom stereocenters. The summed E-state index contributed by atoms with van der Waals surface area (Å²) in [5.41, 5.74) is -0.166. The zero-order valence-corrected chi connectivity index (χ0v) is 14.1. The molecular formula is C17H24F3N3. The quantitative estimate of drug-likeness (QED) is 0.847. The molecule has 128 valence electrons. The SMILES string of the molecule is CN(C)C[C@@]12CN(c3ccc(C(F)(F)F)cn3)C[C@@H]1C(C)(C)C2. The van der Waals surface area contributed by atoms with Crippen LogP contribution in [-0.2, 0) is 6.18 Å². The zero-order valence-electron chi connectivity index (χ0n) is 14.1. The molecule has 1 aliphatic carbocycles. The Bertz CT molecular complexity index is 576. The average Bonchev–Trinajstić information content (AvgIpc) is 2.72. The Balaban J connectivity index is 1.80. The first-order chi connectivity index (χ1) is 10.5. The molecule has 2 aliphatic rings. The monoisotopic (exact) mass is 327 g/mol. The lowest BCUT2D eigenvalue weighted by Gasteiger charge is -2.57. The summed E-state index contributed by atoms with van der Waals surface area (Å²) in [7, 11) is 4.16. The maximum Gasteiger partial charge on any atom is 0.417 e. The Labute approximate surface area is 135 Å². The van der Waals surface area contributed by atoms with E-state index in [2.05, 4.69) is 42.7 Å². The van der Waals surface area contributed by atoms with Gasteiger partial charge in [0, 0.05) is 31.2 Å². The van der Waals surface area contributed by atoms with Crippen molar-refractivity contribution in [3.63, 3.8) is 0 Å². The molecule has 0 bridgehead atoms. The van der Waals surface area contributed by atoms with Crippen molar-refractivity contribution in [2.24, 2.45) is 16.7 Å². The van der Waals surface area contributed by atoms with Gasteiger partial charge in [0.2, 0.25) is 0 Å². The van der Waals surface area contributed by atoms with Gasteiger partial charge >= 0.3 is 6.18 Å². The standard InChI is InChI=1S/C17H24F3N3/c1-15(2)9-16(10-22(3)4)11-23(8-13(15)16)14-6-5-12(7-21-14)17(18,19)20/h5-7,13H,8-11H2,1-4H3/t13-,16+/m1/s1. The molecule has 3 rings (SSSR count). The van der Waals surface area contributed by atoms with Gasteiger partial charge in [-0.15, -0.1) is 0 Å². The molecule has 1 aromatic rings. The minimum absolute atomic E-state index is 0.234. The number of hydrogen-bond acceptors (Lipinski definition) is 3. The summed E-state index contributed by atoms with van der Waals surface area (Å²) < 4.78 is 38.0. The number of aromatic nitrogens is 1. The topological polar surface area (TPSA) is 19.4 Å². The highest BCUT2D eigenvalue weighted by Gasteiger charge is 2.62. The van der Waals surface area contributed by atoms with Gasteiger partial charge in [-0.1, -0.05) is 13.8 Å². The van der Waals surface area contributed by atoms with Gasteiger partial charge in [0.1, 0.15) is 5.82 Å². The van der Waals surface area contributed by atoms with Gasteiger partial charge in [-0.3, -0.25) is 0 Å². The predicted molar refractivity (Wildman–Crippen MR) is 84.3 cm³/mol. The lowest BCUT2D eigenvalue weighted by molar-refractivity contribution is -0.137. The molecule has 23 heavy (non-hydrogen) atoms. The van der Waals surface area contributed by atoms with E-state index in [0.29, 0.717) is 11.7 Å². The summed E-state index contributed by atoms with van der Waals surface area (Å²) in [6.07, 6.45) is -2.23. The first-order valence-electron chi connectivity index (χ1n) is 7.96. The van der Waals surface area contributed by atoms with E-state index in [0.717, 1.165) is 38.3 Å². The van der Waals surface area contributed by atoms with Crippen LogP contribution >= 0.6 is 0 Å². The molecule has 1 aliphatic heterocycles. The number of anilines is 1. The van der Waals surface area contributed by atoms with Crippen molar-refractivity contribution in [2.75, 3.05) is 38.6 Å². The zero-order chi connectivity index (χ0) is 17.0. The van der Waals surface area contributed by atoms with Crippen molar-refractivity contribution in [2.45, 2.75) is 26.4 Å². The third kappa shape index (κ3) is 2.82. The van der Waals surface area contributed by atoms with E-state index in [9.17, 15) is 13.2 Å². The van der Waals surface area contributed by atoms with Crippen molar-refractivity contribution in [1.82, 2.24) is 9.88 Å². The van der Waals surface area contributed by atoms with E-state index in [4.69, 9.17) is 0 Å². The lowest BCUT2D eigenvalue weighted by atomic mass is 9.48. The number of fused-ring (bicyclic) bond motifs is 1. The summed E-state index contributed by atoms with van der Waals surface area (Å²) in [6, 6.07) is 2.64. The third-order valence-corrected chi connectivity index (χ3v) is 5.43. The van der Waals surface area contributed by atoms with Crippen LogP contribution in [0.5, 0.6) is 0 Å². The molecule has 1 aromatic heterocycles. The molecule has 0 unspecified atom stereocenters. The van der Waals surface area contributed by atoms with Crippen molar-refractivity contribution in [3.8, 4) is 0 Å². The second-order valence-electron chi connectivity index (χ2n) is 8.10. The van der Waals surface area contributed by atoms with Crippen LogP contribution in [0.3, 0.4) is 0 Å². The summed E-state index contributed by atoms with van der Waals surface area (Å²) in [5.74, 6) is 1.21. The van der Waals surface area contributed by atoms with Crippen LogP contribution in [0.4, 0.5) is 19.0 Å². The molecule has 0 radical (unpaired) electrons. The predicted octanol–water partition coefficient (Wildman–Crippen LogP) is 3.51. The molecule has 2 heterocycles. The van der Waals surface area contributed by atoms with E-state index in [1.54, 1.807) is 0 Å². The van der Waals surface area contributed by atoms with Gasteiger partial charge in [-0.05, 0) is 44.0 Å². The van der Waals surface area contributed by atoms with Gasteiger partial charge in [0.15, 0.2) is 0 Å². The normalized spacial score (nSPS) is 29.6. The molecule has 2 fully saturated rings. The van der Waals surface area contributed by atoms with Crippen LogP contribution in [0.25, 0.3) is 0 Å². The summed E-state index contributed by atoms with van der Waals surface area (Å²) >= 11 is 0. The highest BCUT2D eigenvalue weighted by molar-refractivity contribution is 5.44. The minimum atomic E-state index is -4.33. The van der Waals surface area contributed by atoms with Gasteiger partial charge in [0.05, 0.1) is 5.56 Å². The number of alkyl halides is 3. The van der Waals surface area contributed by atoms with Gasteiger partial charge < -0.3 is 9.80 Å². The molecular weight excluding hydrogens is 303 g/mol. The van der Waals surface area contributed by atoms with Gasteiger partial charge in [-0.25, -0.2) is 4.98 Å². The second kappa shape index (κ2) is 5.10. The van der Waals surface area contributed by atoms with Gasteiger partial charge in [-0.2, -0.15) is 13.2 Å². The first kappa shape index (κ1) is 16.6. The van der Waals surface area contributed by atoms with Crippen molar-refractivity contribution < 1.29 is 13.2 Å². The number of pyridine rings is 1. The number of nitrogens with zero attached hydrogens (tertiary/aromatic N) is 3. The molecule has 1 saturated carbocycles. The molecule has 0 amide bonds. The fourth-order valence-corrected chi connectivity index (χ4v) is 4.88. The maximum absolute atomic E-state index is 12.7.